The van der Waals surface area contributed by atoms with Gasteiger partial charge in [-0.1, -0.05) is 18.2 Å². The van der Waals surface area contributed by atoms with Crippen LogP contribution in [0.5, 0.6) is 0 Å². The Balaban J connectivity index is 1.81. The Morgan fingerprint density at radius 3 is 2.31 bits per heavy atom. The normalized spacial score (nSPS) is 17.1. The second kappa shape index (κ2) is 8.39. The zero-order valence-corrected chi connectivity index (χ0v) is 17.0. The van der Waals surface area contributed by atoms with Gasteiger partial charge in [0.1, 0.15) is 5.60 Å². The number of amides is 1. The van der Waals surface area contributed by atoms with E-state index < -0.39 is 15.4 Å². The van der Waals surface area contributed by atoms with Crippen molar-refractivity contribution in [2.75, 3.05) is 32.4 Å². The SMILES string of the molecule is CN(C(=O)OC(C)(C)C)C1CCN(CCS(=O)(=O)c2ccccc2)CC1. The minimum Gasteiger partial charge on any atom is -0.444 e. The highest BCUT2D eigenvalue weighted by molar-refractivity contribution is 7.91. The fourth-order valence-electron chi connectivity index (χ4n) is 3.01. The van der Waals surface area contributed by atoms with E-state index in [-0.39, 0.29) is 17.9 Å². The molecule has 26 heavy (non-hydrogen) atoms. The van der Waals surface area contributed by atoms with Crippen LogP contribution >= 0.6 is 0 Å². The average Bonchev–Trinajstić information content (AvgIpc) is 2.59. The number of nitrogens with zero attached hydrogens (tertiary/aromatic N) is 2. The van der Waals surface area contributed by atoms with E-state index in [1.165, 1.54) is 0 Å². The van der Waals surface area contributed by atoms with Gasteiger partial charge < -0.3 is 14.5 Å². The van der Waals surface area contributed by atoms with Crippen LogP contribution in [-0.4, -0.2) is 68.4 Å². The lowest BCUT2D eigenvalue weighted by atomic mass is 10.0. The van der Waals surface area contributed by atoms with Crippen molar-refractivity contribution in [3.8, 4) is 0 Å². The lowest BCUT2D eigenvalue weighted by Gasteiger charge is -2.37. The van der Waals surface area contributed by atoms with Crippen molar-refractivity contribution in [3.05, 3.63) is 30.3 Å². The Kier molecular flexibility index (Phi) is 6.69. The van der Waals surface area contributed by atoms with E-state index in [2.05, 4.69) is 4.90 Å². The number of ether oxygens (including phenoxy) is 1. The van der Waals surface area contributed by atoms with Gasteiger partial charge in [-0.2, -0.15) is 0 Å². The number of hydrogen-bond acceptors (Lipinski definition) is 5. The van der Waals surface area contributed by atoms with Gasteiger partial charge in [-0.3, -0.25) is 0 Å². The summed E-state index contributed by atoms with van der Waals surface area (Å²) >= 11 is 0. The molecule has 1 amide bonds. The van der Waals surface area contributed by atoms with Crippen LogP contribution in [0.4, 0.5) is 4.79 Å². The molecule has 7 heteroatoms. The highest BCUT2D eigenvalue weighted by atomic mass is 32.2. The topological polar surface area (TPSA) is 66.9 Å². The van der Waals surface area contributed by atoms with E-state index in [4.69, 9.17) is 4.74 Å². The monoisotopic (exact) mass is 382 g/mol. The molecule has 1 fully saturated rings. The van der Waals surface area contributed by atoms with Crippen molar-refractivity contribution >= 4 is 15.9 Å². The van der Waals surface area contributed by atoms with Crippen LogP contribution in [0.15, 0.2) is 35.2 Å². The average molecular weight is 383 g/mol. The zero-order chi connectivity index (χ0) is 19.4. The van der Waals surface area contributed by atoms with Crippen molar-refractivity contribution in [1.29, 1.82) is 0 Å². The molecule has 0 radical (unpaired) electrons. The summed E-state index contributed by atoms with van der Waals surface area (Å²) in [6.07, 6.45) is 1.34. The highest BCUT2D eigenvalue weighted by Gasteiger charge is 2.29. The molecular weight excluding hydrogens is 352 g/mol. The fourth-order valence-corrected chi connectivity index (χ4v) is 4.31. The molecule has 0 unspecified atom stereocenters. The number of rotatable bonds is 5. The zero-order valence-electron chi connectivity index (χ0n) is 16.1. The summed E-state index contributed by atoms with van der Waals surface area (Å²) in [5, 5.41) is 0. The smallest absolute Gasteiger partial charge is 0.410 e. The minimum atomic E-state index is -3.25. The van der Waals surface area contributed by atoms with Gasteiger partial charge in [0.25, 0.3) is 0 Å². The number of benzene rings is 1. The number of likely N-dealkylation sites (tertiary alicyclic amines) is 1. The Morgan fingerprint density at radius 1 is 1.19 bits per heavy atom. The maximum Gasteiger partial charge on any atom is 0.410 e. The lowest BCUT2D eigenvalue weighted by molar-refractivity contribution is 0.0155. The number of piperidine rings is 1. The van der Waals surface area contributed by atoms with Crippen LogP contribution in [0.3, 0.4) is 0 Å². The minimum absolute atomic E-state index is 0.115. The molecule has 1 aliphatic rings. The standard InChI is InChI=1S/C19H30N2O4S/c1-19(2,3)25-18(22)20(4)16-10-12-21(13-11-16)14-15-26(23,24)17-8-6-5-7-9-17/h5-9,16H,10-15H2,1-4H3. The number of carbonyl (C=O) groups excluding carboxylic acids is 1. The molecule has 146 valence electrons. The van der Waals surface area contributed by atoms with Gasteiger partial charge in [0.05, 0.1) is 10.6 Å². The molecule has 0 atom stereocenters. The third kappa shape index (κ3) is 5.99. The summed E-state index contributed by atoms with van der Waals surface area (Å²) in [4.78, 5) is 16.4. The van der Waals surface area contributed by atoms with Gasteiger partial charge in [0, 0.05) is 32.7 Å². The van der Waals surface area contributed by atoms with Crippen molar-refractivity contribution in [2.24, 2.45) is 0 Å². The second-order valence-corrected chi connectivity index (χ2v) is 9.91. The van der Waals surface area contributed by atoms with Gasteiger partial charge in [-0.25, -0.2) is 13.2 Å². The predicted octanol–water partition coefficient (Wildman–Crippen LogP) is 2.79. The molecule has 2 rings (SSSR count). The summed E-state index contributed by atoms with van der Waals surface area (Å²) in [7, 11) is -1.48. The molecule has 1 heterocycles. The van der Waals surface area contributed by atoms with Gasteiger partial charge in [0.2, 0.25) is 0 Å². The molecular formula is C19H30N2O4S. The first kappa shape index (κ1) is 20.7. The Bertz CT molecular complexity index is 690. The van der Waals surface area contributed by atoms with Gasteiger partial charge in [0.15, 0.2) is 9.84 Å². The van der Waals surface area contributed by atoms with Gasteiger partial charge in [-0.05, 0) is 45.7 Å². The van der Waals surface area contributed by atoms with Crippen molar-refractivity contribution in [3.63, 3.8) is 0 Å². The van der Waals surface area contributed by atoms with Crippen molar-refractivity contribution in [2.45, 2.75) is 50.2 Å². The molecule has 1 aromatic carbocycles. The van der Waals surface area contributed by atoms with E-state index in [1.807, 2.05) is 26.8 Å². The van der Waals surface area contributed by atoms with Gasteiger partial charge in [-0.15, -0.1) is 0 Å². The highest BCUT2D eigenvalue weighted by Crippen LogP contribution is 2.19. The number of sulfone groups is 1. The quantitative estimate of drug-likeness (QED) is 0.783. The van der Waals surface area contributed by atoms with E-state index in [9.17, 15) is 13.2 Å². The molecule has 0 N–H and O–H groups in total. The largest absolute Gasteiger partial charge is 0.444 e. The number of hydrogen-bond donors (Lipinski definition) is 0. The molecule has 1 aromatic rings. The predicted molar refractivity (Wildman–Crippen MR) is 102 cm³/mol. The van der Waals surface area contributed by atoms with Crippen LogP contribution < -0.4 is 0 Å². The molecule has 0 spiro atoms. The summed E-state index contributed by atoms with van der Waals surface area (Å²) in [5.41, 5.74) is -0.502. The first-order valence-corrected chi connectivity index (χ1v) is 10.7. The first-order valence-electron chi connectivity index (χ1n) is 9.04. The molecule has 1 aliphatic heterocycles. The van der Waals surface area contributed by atoms with E-state index in [0.717, 1.165) is 25.9 Å². The van der Waals surface area contributed by atoms with Crippen LogP contribution in [0.25, 0.3) is 0 Å². The summed E-state index contributed by atoms with van der Waals surface area (Å²) in [6.45, 7) is 7.64. The molecule has 1 saturated heterocycles. The maximum atomic E-state index is 12.4. The Morgan fingerprint density at radius 2 is 1.77 bits per heavy atom. The summed E-state index contributed by atoms with van der Waals surface area (Å²) in [5.74, 6) is 0.115. The van der Waals surface area contributed by atoms with Gasteiger partial charge >= 0.3 is 6.09 Å². The lowest BCUT2D eigenvalue weighted by Crippen LogP contribution is -2.47. The van der Waals surface area contributed by atoms with E-state index >= 15 is 0 Å². The second-order valence-electron chi connectivity index (χ2n) is 7.80. The third-order valence-corrected chi connectivity index (χ3v) is 6.28. The summed E-state index contributed by atoms with van der Waals surface area (Å²) < 4.78 is 30.2. The van der Waals surface area contributed by atoms with Crippen LogP contribution in [0.1, 0.15) is 33.6 Å². The van der Waals surface area contributed by atoms with Crippen LogP contribution in [-0.2, 0) is 14.6 Å². The molecule has 0 bridgehead atoms. The van der Waals surface area contributed by atoms with Crippen molar-refractivity contribution in [1.82, 2.24) is 9.80 Å². The van der Waals surface area contributed by atoms with Crippen LogP contribution in [0, 0.1) is 0 Å². The molecule has 0 aromatic heterocycles. The van der Waals surface area contributed by atoms with E-state index in [0.29, 0.717) is 11.4 Å². The number of carbonyl (C=O) groups is 1. The fraction of sp³-hybridized carbons (Fsp3) is 0.632. The van der Waals surface area contributed by atoms with Crippen LogP contribution in [0.2, 0.25) is 0 Å². The Labute approximate surface area is 157 Å². The third-order valence-electron chi connectivity index (χ3n) is 4.56. The maximum absolute atomic E-state index is 12.4. The molecule has 6 nitrogen and oxygen atoms in total. The molecule has 0 aliphatic carbocycles. The van der Waals surface area contributed by atoms with E-state index in [1.54, 1.807) is 36.2 Å². The summed E-state index contributed by atoms with van der Waals surface area (Å²) in [6, 6.07) is 8.70. The Hall–Kier alpha value is -1.60. The first-order chi connectivity index (χ1) is 12.1. The molecule has 0 saturated carbocycles. The van der Waals surface area contributed by atoms with Crippen molar-refractivity contribution < 1.29 is 17.9 Å².